The molecular weight excluding hydrogens is 467 g/mol. The molecule has 36 heavy (non-hydrogen) atoms. The average molecular weight is 495 g/mol. The first kappa shape index (κ1) is 26.3. The Morgan fingerprint density at radius 3 is 2.39 bits per heavy atom. The summed E-state index contributed by atoms with van der Waals surface area (Å²) in [5, 5.41) is 20.7. The minimum atomic E-state index is -1.02. The molecule has 0 aliphatic carbocycles. The van der Waals surface area contributed by atoms with E-state index in [4.69, 9.17) is 14.2 Å². The Bertz CT molecular complexity index is 1360. The lowest BCUT2D eigenvalue weighted by molar-refractivity contribution is 0.0781. The molecule has 0 saturated carbocycles. The molecule has 0 saturated heterocycles. The number of nitrogens with zero attached hydrogens (tertiary/aromatic N) is 2. The maximum Gasteiger partial charge on any atom is 0.271 e. The first-order chi connectivity index (χ1) is 17.2. The number of carbonyl (C=O) groups excluding carboxylic acids is 1. The number of aromatic hydroxyl groups is 1. The molecule has 0 aliphatic rings. The van der Waals surface area contributed by atoms with Gasteiger partial charge >= 0.3 is 0 Å². The number of hydrogen-bond acceptors (Lipinski definition) is 7. The summed E-state index contributed by atoms with van der Waals surface area (Å²) in [5.41, 5.74) is -0.227. The van der Waals surface area contributed by atoms with Crippen molar-refractivity contribution in [1.29, 1.82) is 5.26 Å². The van der Waals surface area contributed by atoms with Gasteiger partial charge in [0.2, 0.25) is 11.7 Å². The van der Waals surface area contributed by atoms with Crippen molar-refractivity contribution in [3.63, 3.8) is 0 Å². The van der Waals surface area contributed by atoms with E-state index in [1.54, 1.807) is 25.1 Å². The van der Waals surface area contributed by atoms with Crippen LogP contribution in [0.2, 0.25) is 0 Å². The zero-order valence-corrected chi connectivity index (χ0v) is 20.5. The van der Waals surface area contributed by atoms with Gasteiger partial charge in [0.25, 0.3) is 5.56 Å². The van der Waals surface area contributed by atoms with Crippen molar-refractivity contribution in [2.24, 2.45) is 0 Å². The predicted octanol–water partition coefficient (Wildman–Crippen LogP) is 4.17. The van der Waals surface area contributed by atoms with Crippen LogP contribution in [0.1, 0.15) is 40.4 Å². The van der Waals surface area contributed by atoms with Gasteiger partial charge in [0.15, 0.2) is 17.6 Å². The number of ketones is 1. The molecule has 8 nitrogen and oxygen atoms in total. The van der Waals surface area contributed by atoms with E-state index in [1.807, 2.05) is 6.07 Å². The standard InChI is InChI=1S/C27H27FN2O6/c1-5-21(36-19-9-7-18(28)8-10-19)25(31)24-16(2)20(15-29)26(32)30(27(24)33)13-12-17-6-11-22(34-3)23(14-17)35-4/h6-11,14,21,33H,5,12-13H2,1-4H3. The summed E-state index contributed by atoms with van der Waals surface area (Å²) < 4.78 is 30.5. The van der Waals surface area contributed by atoms with Gasteiger partial charge in [-0.05, 0) is 67.3 Å². The minimum Gasteiger partial charge on any atom is -0.494 e. The van der Waals surface area contributed by atoms with Crippen LogP contribution >= 0.6 is 0 Å². The van der Waals surface area contributed by atoms with Gasteiger partial charge in [-0.25, -0.2) is 4.39 Å². The smallest absolute Gasteiger partial charge is 0.271 e. The lowest BCUT2D eigenvalue weighted by Gasteiger charge is -2.20. The van der Waals surface area contributed by atoms with Crippen LogP contribution in [0.5, 0.6) is 23.1 Å². The summed E-state index contributed by atoms with van der Waals surface area (Å²) in [6, 6.07) is 12.3. The second-order valence-electron chi connectivity index (χ2n) is 8.04. The lowest BCUT2D eigenvalue weighted by atomic mass is 9.97. The minimum absolute atomic E-state index is 0.00496. The summed E-state index contributed by atoms with van der Waals surface area (Å²) in [6.07, 6.45) is -0.483. The van der Waals surface area contributed by atoms with E-state index < -0.39 is 29.1 Å². The van der Waals surface area contributed by atoms with Crippen molar-refractivity contribution >= 4 is 5.78 Å². The molecule has 1 atom stereocenters. The highest BCUT2D eigenvalue weighted by Crippen LogP contribution is 2.29. The average Bonchev–Trinajstić information content (AvgIpc) is 2.88. The fourth-order valence-corrected chi connectivity index (χ4v) is 3.89. The fraction of sp³-hybridized carbons (Fsp3) is 0.296. The summed E-state index contributed by atoms with van der Waals surface area (Å²) in [5.74, 6) is -0.251. The number of benzene rings is 2. The summed E-state index contributed by atoms with van der Waals surface area (Å²) in [4.78, 5) is 26.4. The maximum atomic E-state index is 13.4. The Kier molecular flexibility index (Phi) is 8.33. The molecule has 0 spiro atoms. The summed E-state index contributed by atoms with van der Waals surface area (Å²) in [7, 11) is 3.03. The highest BCUT2D eigenvalue weighted by molar-refractivity contribution is 6.03. The predicted molar refractivity (Wildman–Crippen MR) is 131 cm³/mol. The van der Waals surface area contributed by atoms with Crippen molar-refractivity contribution in [2.75, 3.05) is 14.2 Å². The van der Waals surface area contributed by atoms with E-state index in [-0.39, 0.29) is 35.4 Å². The Morgan fingerprint density at radius 2 is 1.81 bits per heavy atom. The van der Waals surface area contributed by atoms with Gasteiger partial charge in [0.05, 0.1) is 19.8 Å². The number of carbonyl (C=O) groups is 1. The number of pyridine rings is 1. The summed E-state index contributed by atoms with van der Waals surface area (Å²) >= 11 is 0. The molecule has 1 unspecified atom stereocenters. The molecule has 9 heteroatoms. The zero-order valence-electron chi connectivity index (χ0n) is 20.5. The number of hydrogen-bond donors (Lipinski definition) is 1. The van der Waals surface area contributed by atoms with E-state index in [0.717, 1.165) is 10.1 Å². The van der Waals surface area contributed by atoms with Crippen LogP contribution in [0.25, 0.3) is 0 Å². The molecule has 1 aromatic heterocycles. The molecule has 3 aromatic rings. The van der Waals surface area contributed by atoms with Crippen molar-refractivity contribution in [1.82, 2.24) is 4.57 Å². The molecular formula is C27H27FN2O6. The van der Waals surface area contributed by atoms with Crippen LogP contribution in [0.4, 0.5) is 4.39 Å². The van der Waals surface area contributed by atoms with Crippen LogP contribution in [0.15, 0.2) is 47.3 Å². The Hall–Kier alpha value is -4.32. The van der Waals surface area contributed by atoms with Gasteiger partial charge < -0.3 is 19.3 Å². The summed E-state index contributed by atoms with van der Waals surface area (Å²) in [6.45, 7) is 3.16. The number of nitriles is 1. The van der Waals surface area contributed by atoms with E-state index in [0.29, 0.717) is 17.9 Å². The largest absolute Gasteiger partial charge is 0.494 e. The maximum absolute atomic E-state index is 13.4. The first-order valence-electron chi connectivity index (χ1n) is 11.3. The Labute approximate surface area is 208 Å². The number of ether oxygens (including phenoxy) is 3. The topological polar surface area (TPSA) is 111 Å². The van der Waals surface area contributed by atoms with E-state index in [1.165, 1.54) is 45.4 Å². The molecule has 1 N–H and O–H groups in total. The third-order valence-electron chi connectivity index (χ3n) is 5.87. The van der Waals surface area contributed by atoms with Gasteiger partial charge in [-0.2, -0.15) is 5.26 Å². The third-order valence-corrected chi connectivity index (χ3v) is 5.87. The molecule has 188 valence electrons. The van der Waals surface area contributed by atoms with E-state index in [9.17, 15) is 24.3 Å². The molecule has 1 heterocycles. The van der Waals surface area contributed by atoms with Gasteiger partial charge in [-0.1, -0.05) is 13.0 Å². The second kappa shape index (κ2) is 11.4. The van der Waals surface area contributed by atoms with Crippen LogP contribution < -0.4 is 19.8 Å². The van der Waals surface area contributed by atoms with Gasteiger partial charge in [-0.3, -0.25) is 14.2 Å². The normalized spacial score (nSPS) is 11.4. The molecule has 2 aromatic carbocycles. The highest BCUT2D eigenvalue weighted by Gasteiger charge is 2.29. The van der Waals surface area contributed by atoms with Crippen LogP contribution in [-0.4, -0.2) is 35.8 Å². The van der Waals surface area contributed by atoms with Crippen LogP contribution in [-0.2, 0) is 13.0 Å². The first-order valence-corrected chi connectivity index (χ1v) is 11.3. The Balaban J connectivity index is 1.98. The molecule has 0 radical (unpaired) electrons. The van der Waals surface area contributed by atoms with Crippen molar-refractivity contribution in [3.05, 3.63) is 80.9 Å². The monoisotopic (exact) mass is 494 g/mol. The van der Waals surface area contributed by atoms with Gasteiger partial charge in [0.1, 0.15) is 23.2 Å². The highest BCUT2D eigenvalue weighted by atomic mass is 19.1. The number of aryl methyl sites for hydroxylation is 1. The van der Waals surface area contributed by atoms with Crippen LogP contribution in [0, 0.1) is 24.1 Å². The number of halogens is 1. The molecule has 0 amide bonds. The molecule has 0 bridgehead atoms. The van der Waals surface area contributed by atoms with E-state index in [2.05, 4.69) is 0 Å². The number of aromatic nitrogens is 1. The van der Waals surface area contributed by atoms with Gasteiger partial charge in [0, 0.05) is 6.54 Å². The van der Waals surface area contributed by atoms with E-state index >= 15 is 0 Å². The Morgan fingerprint density at radius 1 is 1.14 bits per heavy atom. The second-order valence-corrected chi connectivity index (χ2v) is 8.04. The molecule has 0 fully saturated rings. The third kappa shape index (κ3) is 5.33. The number of methoxy groups -OCH3 is 2. The molecule has 0 aliphatic heterocycles. The number of Topliss-reactive ketones (excluding diaryl/α,β-unsaturated/α-hetero) is 1. The lowest BCUT2D eigenvalue weighted by Crippen LogP contribution is -2.32. The van der Waals surface area contributed by atoms with Crippen molar-refractivity contribution in [3.8, 4) is 29.2 Å². The fourth-order valence-electron chi connectivity index (χ4n) is 3.89. The van der Waals surface area contributed by atoms with Crippen molar-refractivity contribution < 1.29 is 28.5 Å². The SMILES string of the molecule is CCC(Oc1ccc(F)cc1)C(=O)c1c(C)c(C#N)c(=O)n(CCc2ccc(OC)c(OC)c2)c1O. The zero-order chi connectivity index (χ0) is 26.4. The number of rotatable bonds is 10. The van der Waals surface area contributed by atoms with Gasteiger partial charge in [-0.15, -0.1) is 0 Å². The van der Waals surface area contributed by atoms with Crippen LogP contribution in [0.3, 0.4) is 0 Å². The quantitative estimate of drug-likeness (QED) is 0.421. The van der Waals surface area contributed by atoms with Crippen molar-refractivity contribution in [2.45, 2.75) is 39.3 Å². The molecule has 3 rings (SSSR count).